The summed E-state index contributed by atoms with van der Waals surface area (Å²) in [6.45, 7) is 1.75. The van der Waals surface area contributed by atoms with Gasteiger partial charge in [-0.3, -0.25) is 4.79 Å². The van der Waals surface area contributed by atoms with Crippen LogP contribution in [0.4, 0.5) is 8.78 Å². The summed E-state index contributed by atoms with van der Waals surface area (Å²) in [5, 5.41) is 3.56. The summed E-state index contributed by atoms with van der Waals surface area (Å²) in [4.78, 5) is 14.5. The Morgan fingerprint density at radius 3 is 2.39 bits per heavy atom. The standard InChI is InChI=1S/C17H22F2N2O.ClH/c1-10(11-3-6-15(18)16(19)7-11)17(22)21(2)14-8-12-4-5-13(9-14)20-12;/h3,6-7,10,12-14,20H,4-5,8-9H2,1-2H3;1H. The minimum Gasteiger partial charge on any atom is -0.342 e. The normalized spacial score (nSPS) is 27.2. The van der Waals surface area contributed by atoms with E-state index in [1.807, 2.05) is 7.05 Å². The van der Waals surface area contributed by atoms with E-state index in [0.29, 0.717) is 17.6 Å². The first kappa shape index (κ1) is 18.1. The largest absolute Gasteiger partial charge is 0.342 e. The number of halogens is 3. The fourth-order valence-corrected chi connectivity index (χ4v) is 3.75. The Balaban J connectivity index is 0.00000192. The number of nitrogens with zero attached hydrogens (tertiary/aromatic N) is 1. The van der Waals surface area contributed by atoms with E-state index in [0.717, 1.165) is 25.0 Å². The summed E-state index contributed by atoms with van der Waals surface area (Å²) in [7, 11) is 1.83. The van der Waals surface area contributed by atoms with E-state index in [2.05, 4.69) is 5.32 Å². The monoisotopic (exact) mass is 344 g/mol. The number of likely N-dealkylation sites (N-methyl/N-ethyl adjacent to an activating group) is 1. The molecular weight excluding hydrogens is 322 g/mol. The van der Waals surface area contributed by atoms with Crippen LogP contribution >= 0.6 is 12.4 Å². The Morgan fingerprint density at radius 2 is 1.83 bits per heavy atom. The fourth-order valence-electron chi connectivity index (χ4n) is 3.75. The number of rotatable bonds is 3. The third kappa shape index (κ3) is 3.66. The second-order valence-corrected chi connectivity index (χ2v) is 6.61. The molecule has 128 valence electrons. The molecule has 3 unspecified atom stereocenters. The zero-order valence-electron chi connectivity index (χ0n) is 13.4. The maximum absolute atomic E-state index is 13.4. The summed E-state index contributed by atoms with van der Waals surface area (Å²) in [6, 6.07) is 4.95. The Hall–Kier alpha value is -1.20. The molecule has 0 aromatic heterocycles. The van der Waals surface area contributed by atoms with Crippen molar-refractivity contribution < 1.29 is 13.6 Å². The van der Waals surface area contributed by atoms with Crippen molar-refractivity contribution in [3.05, 3.63) is 35.4 Å². The number of fused-ring (bicyclic) bond motifs is 2. The average Bonchev–Trinajstić information content (AvgIpc) is 2.86. The predicted molar refractivity (Wildman–Crippen MR) is 87.8 cm³/mol. The maximum atomic E-state index is 13.4. The van der Waals surface area contributed by atoms with Crippen LogP contribution in [0.3, 0.4) is 0 Å². The van der Waals surface area contributed by atoms with Crippen molar-refractivity contribution in [3.63, 3.8) is 0 Å². The van der Waals surface area contributed by atoms with Crippen LogP contribution in [0.5, 0.6) is 0 Å². The number of piperidine rings is 1. The lowest BCUT2D eigenvalue weighted by Gasteiger charge is -2.36. The van der Waals surface area contributed by atoms with Crippen LogP contribution in [0.25, 0.3) is 0 Å². The average molecular weight is 345 g/mol. The van der Waals surface area contributed by atoms with Gasteiger partial charge in [0.2, 0.25) is 5.91 Å². The van der Waals surface area contributed by atoms with Crippen molar-refractivity contribution in [3.8, 4) is 0 Å². The minimum absolute atomic E-state index is 0. The van der Waals surface area contributed by atoms with Gasteiger partial charge in [0.25, 0.3) is 0 Å². The van der Waals surface area contributed by atoms with Gasteiger partial charge in [0.15, 0.2) is 11.6 Å². The molecule has 2 aliphatic rings. The number of carbonyl (C=O) groups excluding carboxylic acids is 1. The third-order valence-electron chi connectivity index (χ3n) is 5.16. The zero-order chi connectivity index (χ0) is 15.9. The van der Waals surface area contributed by atoms with Gasteiger partial charge in [-0.25, -0.2) is 8.78 Å². The lowest BCUT2D eigenvalue weighted by atomic mass is 9.95. The SMILES string of the molecule is CC(C(=O)N(C)C1CC2CCC(C1)N2)c1ccc(F)c(F)c1.Cl. The Bertz CT molecular complexity index is 572. The quantitative estimate of drug-likeness (QED) is 0.913. The van der Waals surface area contributed by atoms with Crippen molar-refractivity contribution >= 4 is 18.3 Å². The highest BCUT2D eigenvalue weighted by Crippen LogP contribution is 2.31. The molecule has 2 heterocycles. The highest BCUT2D eigenvalue weighted by Gasteiger charge is 2.37. The summed E-state index contributed by atoms with van der Waals surface area (Å²) < 4.78 is 26.4. The third-order valence-corrected chi connectivity index (χ3v) is 5.16. The second-order valence-electron chi connectivity index (χ2n) is 6.61. The Labute approximate surface area is 141 Å². The van der Waals surface area contributed by atoms with Gasteiger partial charge in [-0.2, -0.15) is 0 Å². The molecule has 2 saturated heterocycles. The number of benzene rings is 1. The molecule has 6 heteroatoms. The molecule has 2 fully saturated rings. The van der Waals surface area contributed by atoms with Gasteiger partial charge in [-0.1, -0.05) is 6.07 Å². The van der Waals surface area contributed by atoms with Crippen LogP contribution < -0.4 is 5.32 Å². The molecule has 3 nitrogen and oxygen atoms in total. The van der Waals surface area contributed by atoms with Crippen molar-refractivity contribution in [2.24, 2.45) is 0 Å². The molecule has 3 rings (SSSR count). The number of hydrogen-bond donors (Lipinski definition) is 1. The second kappa shape index (κ2) is 7.14. The number of carbonyl (C=O) groups is 1. The van der Waals surface area contributed by atoms with Gasteiger partial charge in [0.1, 0.15) is 0 Å². The van der Waals surface area contributed by atoms with Gasteiger partial charge < -0.3 is 10.2 Å². The summed E-state index contributed by atoms with van der Waals surface area (Å²) in [5.41, 5.74) is 0.521. The van der Waals surface area contributed by atoms with Gasteiger partial charge in [-0.15, -0.1) is 12.4 Å². The van der Waals surface area contributed by atoms with Gasteiger partial charge >= 0.3 is 0 Å². The zero-order valence-corrected chi connectivity index (χ0v) is 14.2. The first-order chi connectivity index (χ1) is 10.5. The van der Waals surface area contributed by atoms with Gasteiger partial charge in [0.05, 0.1) is 5.92 Å². The smallest absolute Gasteiger partial charge is 0.229 e. The van der Waals surface area contributed by atoms with Crippen LogP contribution in [0.15, 0.2) is 18.2 Å². The molecule has 1 N–H and O–H groups in total. The van der Waals surface area contributed by atoms with E-state index in [-0.39, 0.29) is 24.4 Å². The van der Waals surface area contributed by atoms with Crippen molar-refractivity contribution in [2.45, 2.75) is 56.7 Å². The molecule has 0 radical (unpaired) electrons. The Kier molecular flexibility index (Phi) is 5.63. The first-order valence-electron chi connectivity index (χ1n) is 7.93. The van der Waals surface area contributed by atoms with Crippen LogP contribution in [0.1, 0.15) is 44.1 Å². The number of hydrogen-bond acceptors (Lipinski definition) is 2. The molecule has 23 heavy (non-hydrogen) atoms. The number of amides is 1. The molecule has 0 aliphatic carbocycles. The van der Waals surface area contributed by atoms with E-state index in [1.54, 1.807) is 11.8 Å². The van der Waals surface area contributed by atoms with E-state index < -0.39 is 17.6 Å². The van der Waals surface area contributed by atoms with Crippen molar-refractivity contribution in [1.29, 1.82) is 0 Å². The van der Waals surface area contributed by atoms with E-state index >= 15 is 0 Å². The predicted octanol–water partition coefficient (Wildman–Crippen LogP) is 3.23. The molecule has 1 aromatic rings. The fraction of sp³-hybridized carbons (Fsp3) is 0.588. The molecule has 1 aromatic carbocycles. The molecule has 0 saturated carbocycles. The highest BCUT2D eigenvalue weighted by atomic mass is 35.5. The topological polar surface area (TPSA) is 32.3 Å². The van der Waals surface area contributed by atoms with Crippen LogP contribution in [-0.4, -0.2) is 36.0 Å². The molecule has 2 aliphatic heterocycles. The van der Waals surface area contributed by atoms with E-state index in [4.69, 9.17) is 0 Å². The van der Waals surface area contributed by atoms with Crippen LogP contribution in [-0.2, 0) is 4.79 Å². The van der Waals surface area contributed by atoms with E-state index in [9.17, 15) is 13.6 Å². The van der Waals surface area contributed by atoms with E-state index in [1.165, 1.54) is 18.9 Å². The lowest BCUT2D eigenvalue weighted by molar-refractivity contribution is -0.133. The Morgan fingerprint density at radius 1 is 1.22 bits per heavy atom. The molecule has 0 spiro atoms. The lowest BCUT2D eigenvalue weighted by Crippen LogP contribution is -2.49. The molecule has 3 atom stereocenters. The maximum Gasteiger partial charge on any atom is 0.229 e. The molecule has 1 amide bonds. The van der Waals surface area contributed by atoms with Crippen molar-refractivity contribution in [2.75, 3.05) is 7.05 Å². The minimum atomic E-state index is -0.903. The van der Waals surface area contributed by atoms with Crippen molar-refractivity contribution in [1.82, 2.24) is 10.2 Å². The number of nitrogens with one attached hydrogen (secondary N) is 1. The van der Waals surface area contributed by atoms with Gasteiger partial charge in [0, 0.05) is 25.2 Å². The van der Waals surface area contributed by atoms with Crippen LogP contribution in [0, 0.1) is 11.6 Å². The van der Waals surface area contributed by atoms with Crippen LogP contribution in [0.2, 0.25) is 0 Å². The highest BCUT2D eigenvalue weighted by molar-refractivity contribution is 5.85. The molecule has 2 bridgehead atoms. The molecular formula is C17H23ClF2N2O. The summed E-state index contributed by atoms with van der Waals surface area (Å²) in [6.07, 6.45) is 4.32. The summed E-state index contributed by atoms with van der Waals surface area (Å²) >= 11 is 0. The first-order valence-corrected chi connectivity index (χ1v) is 7.93. The van der Waals surface area contributed by atoms with Gasteiger partial charge in [-0.05, 0) is 50.3 Å². The summed E-state index contributed by atoms with van der Waals surface area (Å²) in [5.74, 6) is -2.28.